The number of ether oxygens (including phenoxy) is 1. The summed E-state index contributed by atoms with van der Waals surface area (Å²) in [5.41, 5.74) is 0.736. The summed E-state index contributed by atoms with van der Waals surface area (Å²) >= 11 is 0. The van der Waals surface area contributed by atoms with E-state index < -0.39 is 21.4 Å². The van der Waals surface area contributed by atoms with Crippen molar-refractivity contribution in [1.29, 1.82) is 0 Å². The highest BCUT2D eigenvalue weighted by Crippen LogP contribution is 2.44. The van der Waals surface area contributed by atoms with Crippen molar-refractivity contribution in [1.82, 2.24) is 0 Å². The van der Waals surface area contributed by atoms with Crippen LogP contribution in [0, 0.1) is 12.3 Å². The number of nitrogens with one attached hydrogen (secondary N) is 2. The van der Waals surface area contributed by atoms with Crippen LogP contribution in [-0.4, -0.2) is 32.0 Å². The van der Waals surface area contributed by atoms with Crippen LogP contribution >= 0.6 is 0 Å². The molecule has 9 heteroatoms. The molecule has 0 radical (unpaired) electrons. The van der Waals surface area contributed by atoms with E-state index in [-0.39, 0.29) is 23.6 Å². The van der Waals surface area contributed by atoms with Crippen molar-refractivity contribution in [3.8, 4) is 5.75 Å². The Kier molecular flexibility index (Phi) is 7.63. The van der Waals surface area contributed by atoms with Crippen LogP contribution in [0.15, 0.2) is 47.4 Å². The first-order valence-electron chi connectivity index (χ1n) is 11.0. The molecule has 3 rings (SSSR count). The minimum Gasteiger partial charge on any atom is -0.494 e. The number of aliphatic carboxylic acids is 1. The fraction of sp³-hybridized carbons (Fsp3) is 0.417. The molecular formula is C24H30N2O6S. The Labute approximate surface area is 194 Å². The van der Waals surface area contributed by atoms with Crippen molar-refractivity contribution in [2.75, 3.05) is 16.6 Å². The second-order valence-corrected chi connectivity index (χ2v) is 10.2. The number of carboxylic acid groups (broad SMARTS) is 1. The van der Waals surface area contributed by atoms with Gasteiger partial charge in [0, 0.05) is 17.8 Å². The Morgan fingerprint density at radius 1 is 1.03 bits per heavy atom. The van der Waals surface area contributed by atoms with Gasteiger partial charge >= 0.3 is 5.97 Å². The van der Waals surface area contributed by atoms with Crippen LogP contribution in [0.3, 0.4) is 0 Å². The lowest BCUT2D eigenvalue weighted by molar-refractivity contribution is -0.140. The number of rotatable bonds is 10. The highest BCUT2D eigenvalue weighted by atomic mass is 32.2. The lowest BCUT2D eigenvalue weighted by Crippen LogP contribution is -2.27. The molecule has 3 N–H and O–H groups in total. The molecular weight excluding hydrogens is 444 g/mol. The molecule has 1 amide bonds. The largest absolute Gasteiger partial charge is 0.494 e. The van der Waals surface area contributed by atoms with Gasteiger partial charge in [0.15, 0.2) is 0 Å². The molecule has 2 aromatic carbocycles. The van der Waals surface area contributed by atoms with Crippen molar-refractivity contribution in [2.24, 2.45) is 5.41 Å². The van der Waals surface area contributed by atoms with E-state index >= 15 is 0 Å². The van der Waals surface area contributed by atoms with E-state index in [0.717, 1.165) is 12.8 Å². The monoisotopic (exact) mass is 474 g/mol. The molecule has 178 valence electrons. The van der Waals surface area contributed by atoms with Gasteiger partial charge in [0.25, 0.3) is 10.0 Å². The molecule has 1 saturated carbocycles. The number of benzene rings is 2. The molecule has 1 aliphatic rings. The summed E-state index contributed by atoms with van der Waals surface area (Å²) in [7, 11) is -3.90. The first kappa shape index (κ1) is 24.6. The van der Waals surface area contributed by atoms with Gasteiger partial charge in [-0.2, -0.15) is 0 Å². The number of carbonyl (C=O) groups is 2. The van der Waals surface area contributed by atoms with Gasteiger partial charge in [0.05, 0.1) is 17.9 Å². The third kappa shape index (κ3) is 6.47. The molecule has 0 heterocycles. The number of carbonyl (C=O) groups excluding carboxylic acids is 1. The minimum atomic E-state index is -3.90. The van der Waals surface area contributed by atoms with Crippen molar-refractivity contribution in [2.45, 2.75) is 57.3 Å². The standard InChI is InChI=1S/C24H30N2O6S/c1-3-32-20-10-8-18(9-11-20)26-33(30,31)21-14-19(7-6-17(21)2)25-22(27)15-24(16-23(28)29)12-4-5-13-24/h6-11,14,26H,3-5,12-13,15-16H2,1-2H3,(H,25,27)(H,28,29). The van der Waals surface area contributed by atoms with Gasteiger partial charge in [0.2, 0.25) is 5.91 Å². The molecule has 0 bridgehead atoms. The summed E-state index contributed by atoms with van der Waals surface area (Å²) in [6.07, 6.45) is 3.27. The number of amides is 1. The molecule has 1 fully saturated rings. The predicted molar refractivity (Wildman–Crippen MR) is 126 cm³/mol. The molecule has 1 aliphatic carbocycles. The normalized spacial score (nSPS) is 15.1. The van der Waals surface area contributed by atoms with E-state index in [1.54, 1.807) is 43.3 Å². The summed E-state index contributed by atoms with van der Waals surface area (Å²) in [4.78, 5) is 24.0. The van der Waals surface area contributed by atoms with Crippen LogP contribution in [0.1, 0.15) is 51.0 Å². The maximum Gasteiger partial charge on any atom is 0.303 e. The van der Waals surface area contributed by atoms with E-state index in [9.17, 15) is 23.1 Å². The van der Waals surface area contributed by atoms with Crippen molar-refractivity contribution >= 4 is 33.3 Å². The molecule has 0 aromatic heterocycles. The van der Waals surface area contributed by atoms with Gasteiger partial charge in [-0.1, -0.05) is 18.9 Å². The molecule has 0 atom stereocenters. The van der Waals surface area contributed by atoms with Gasteiger partial charge in [-0.25, -0.2) is 8.42 Å². The van der Waals surface area contributed by atoms with Gasteiger partial charge < -0.3 is 15.2 Å². The highest BCUT2D eigenvalue weighted by Gasteiger charge is 2.38. The number of anilines is 2. The zero-order valence-electron chi connectivity index (χ0n) is 18.9. The summed E-state index contributed by atoms with van der Waals surface area (Å²) in [6, 6.07) is 11.3. The van der Waals surface area contributed by atoms with Crippen LogP contribution in [0.5, 0.6) is 5.75 Å². The lowest BCUT2D eigenvalue weighted by Gasteiger charge is -2.26. The molecule has 0 unspecified atom stereocenters. The fourth-order valence-corrected chi connectivity index (χ4v) is 5.70. The third-order valence-corrected chi connectivity index (χ3v) is 7.43. The summed E-state index contributed by atoms with van der Waals surface area (Å²) in [5, 5.41) is 12.0. The topological polar surface area (TPSA) is 122 Å². The van der Waals surface area contributed by atoms with E-state index in [1.165, 1.54) is 6.07 Å². The first-order valence-corrected chi connectivity index (χ1v) is 12.5. The lowest BCUT2D eigenvalue weighted by atomic mass is 9.79. The Morgan fingerprint density at radius 2 is 1.67 bits per heavy atom. The van der Waals surface area contributed by atoms with E-state index in [2.05, 4.69) is 10.0 Å². The summed E-state index contributed by atoms with van der Waals surface area (Å²) < 4.78 is 33.9. The van der Waals surface area contributed by atoms with Crippen LogP contribution in [0.4, 0.5) is 11.4 Å². The number of sulfonamides is 1. The first-order chi connectivity index (χ1) is 15.6. The second-order valence-electron chi connectivity index (χ2n) is 8.55. The predicted octanol–water partition coefficient (Wildman–Crippen LogP) is 4.56. The van der Waals surface area contributed by atoms with Crippen molar-refractivity contribution in [3.05, 3.63) is 48.0 Å². The maximum atomic E-state index is 13.0. The van der Waals surface area contributed by atoms with Gasteiger partial charge in [-0.3, -0.25) is 14.3 Å². The van der Waals surface area contributed by atoms with Crippen LogP contribution < -0.4 is 14.8 Å². The average molecular weight is 475 g/mol. The van der Waals surface area contributed by atoms with Crippen molar-refractivity contribution < 1.29 is 27.9 Å². The quantitative estimate of drug-likeness (QED) is 0.464. The zero-order valence-corrected chi connectivity index (χ0v) is 19.7. The number of aryl methyl sites for hydroxylation is 1. The average Bonchev–Trinajstić information content (AvgIpc) is 3.17. The molecule has 8 nitrogen and oxygen atoms in total. The Bertz CT molecular complexity index is 1110. The number of hydrogen-bond donors (Lipinski definition) is 3. The second kappa shape index (κ2) is 10.2. The SMILES string of the molecule is CCOc1ccc(NS(=O)(=O)c2cc(NC(=O)CC3(CC(=O)O)CCCC3)ccc2C)cc1. The van der Waals surface area contributed by atoms with E-state index in [4.69, 9.17) is 4.74 Å². The van der Waals surface area contributed by atoms with Crippen LogP contribution in [0.25, 0.3) is 0 Å². The zero-order chi connectivity index (χ0) is 24.1. The summed E-state index contributed by atoms with van der Waals surface area (Å²) in [5.74, 6) is -0.581. The molecule has 2 aromatic rings. The highest BCUT2D eigenvalue weighted by molar-refractivity contribution is 7.92. The third-order valence-electron chi connectivity index (χ3n) is 5.90. The van der Waals surface area contributed by atoms with E-state index in [0.29, 0.717) is 42.1 Å². The van der Waals surface area contributed by atoms with Crippen molar-refractivity contribution in [3.63, 3.8) is 0 Å². The Hall–Kier alpha value is -3.07. The van der Waals surface area contributed by atoms with E-state index in [1.807, 2.05) is 6.92 Å². The van der Waals surface area contributed by atoms with Gasteiger partial charge in [0.1, 0.15) is 5.75 Å². The van der Waals surface area contributed by atoms with Gasteiger partial charge in [-0.15, -0.1) is 0 Å². The molecule has 0 spiro atoms. The Balaban J connectivity index is 1.74. The fourth-order valence-electron chi connectivity index (χ4n) is 4.37. The Morgan fingerprint density at radius 3 is 2.27 bits per heavy atom. The minimum absolute atomic E-state index is 0.0417. The van der Waals surface area contributed by atoms with Gasteiger partial charge in [-0.05, 0) is 74.1 Å². The number of hydrogen-bond acceptors (Lipinski definition) is 5. The van der Waals surface area contributed by atoms with Crippen LogP contribution in [-0.2, 0) is 19.6 Å². The number of carboxylic acids is 1. The molecule has 0 aliphatic heterocycles. The molecule has 0 saturated heterocycles. The van der Waals surface area contributed by atoms with Crippen LogP contribution in [0.2, 0.25) is 0 Å². The summed E-state index contributed by atoms with van der Waals surface area (Å²) in [6.45, 7) is 4.06. The molecule has 33 heavy (non-hydrogen) atoms. The maximum absolute atomic E-state index is 13.0. The smallest absolute Gasteiger partial charge is 0.303 e.